The van der Waals surface area contributed by atoms with Gasteiger partial charge >= 0.3 is 0 Å². The van der Waals surface area contributed by atoms with Crippen molar-refractivity contribution in [3.63, 3.8) is 0 Å². The fraction of sp³-hybridized carbons (Fsp3) is 0.786. The summed E-state index contributed by atoms with van der Waals surface area (Å²) in [6, 6.07) is 0. The lowest BCUT2D eigenvalue weighted by molar-refractivity contribution is 0.427. The van der Waals surface area contributed by atoms with Crippen LogP contribution in [0.3, 0.4) is 0 Å². The van der Waals surface area contributed by atoms with Gasteiger partial charge in [0, 0.05) is 46.5 Å². The summed E-state index contributed by atoms with van der Waals surface area (Å²) in [4.78, 5) is 0. The molecule has 0 fully saturated rings. The van der Waals surface area contributed by atoms with Gasteiger partial charge < -0.3 is 5.01 Å². The number of rotatable bonds is 9. The Hall–Kier alpha value is -0.440. The number of nitrogens with zero attached hydrogens (tertiary/aromatic N) is 4. The van der Waals surface area contributed by atoms with Gasteiger partial charge in [0.15, 0.2) is 0 Å². The van der Waals surface area contributed by atoms with E-state index in [0.717, 1.165) is 26.2 Å². The van der Waals surface area contributed by atoms with Gasteiger partial charge in [0.1, 0.15) is 0 Å². The Labute approximate surface area is 121 Å². The van der Waals surface area contributed by atoms with E-state index in [-0.39, 0.29) is 8.22 Å². The van der Waals surface area contributed by atoms with Gasteiger partial charge in [0.2, 0.25) is 0 Å². The van der Waals surface area contributed by atoms with Crippen LogP contribution in [0.5, 0.6) is 0 Å². The Morgan fingerprint density at radius 3 is 1.68 bits per heavy atom. The van der Waals surface area contributed by atoms with Gasteiger partial charge in [-0.2, -0.15) is 5.10 Å². The lowest BCUT2D eigenvalue weighted by Gasteiger charge is -2.38. The van der Waals surface area contributed by atoms with Gasteiger partial charge in [-0.3, -0.25) is 9.34 Å². The van der Waals surface area contributed by atoms with E-state index in [1.165, 1.54) is 5.31 Å². The smallest absolute Gasteiger partial charge is 0.0679 e. The molecular formula is C14H31N4P. The average molecular weight is 286 g/mol. The van der Waals surface area contributed by atoms with Crippen molar-refractivity contribution in [1.29, 1.82) is 0 Å². The van der Waals surface area contributed by atoms with Crippen molar-refractivity contribution in [2.45, 2.75) is 34.6 Å². The molecule has 4 nitrogen and oxygen atoms in total. The van der Waals surface area contributed by atoms with Crippen molar-refractivity contribution < 1.29 is 0 Å². The second-order valence-electron chi connectivity index (χ2n) is 4.49. The zero-order valence-corrected chi connectivity index (χ0v) is 14.6. The van der Waals surface area contributed by atoms with Gasteiger partial charge in [-0.25, -0.2) is 0 Å². The summed E-state index contributed by atoms with van der Waals surface area (Å²) in [5, 5.41) is 7.50. The van der Waals surface area contributed by atoms with Crippen molar-refractivity contribution in [2.75, 3.05) is 40.3 Å². The third-order valence-electron chi connectivity index (χ3n) is 2.92. The first-order valence-electron chi connectivity index (χ1n) is 7.19. The minimum Gasteiger partial charge on any atom is -0.303 e. The maximum Gasteiger partial charge on any atom is 0.0679 e. The van der Waals surface area contributed by atoms with Gasteiger partial charge in [-0.15, -0.1) is 0 Å². The molecule has 0 bridgehead atoms. The number of hydrazone groups is 1. The largest absolute Gasteiger partial charge is 0.303 e. The summed E-state index contributed by atoms with van der Waals surface area (Å²) in [7, 11) is 3.52. The maximum atomic E-state index is 4.27. The summed E-state index contributed by atoms with van der Waals surface area (Å²) in [5.74, 6) is 0. The molecule has 0 atom stereocenters. The SMILES string of the molecule is CCN(CC)P(/C(C)=C\C=N\N(C)C)N(CC)CC. The van der Waals surface area contributed by atoms with Crippen molar-refractivity contribution in [2.24, 2.45) is 5.10 Å². The highest BCUT2D eigenvalue weighted by atomic mass is 31.1. The molecule has 0 N–H and O–H groups in total. The number of hydrogen-bond acceptors (Lipinski definition) is 4. The summed E-state index contributed by atoms with van der Waals surface area (Å²) < 4.78 is 5.11. The lowest BCUT2D eigenvalue weighted by Crippen LogP contribution is -2.29. The Bertz CT molecular complexity index is 269. The molecule has 0 saturated heterocycles. The summed E-state index contributed by atoms with van der Waals surface area (Å²) in [6.07, 6.45) is 4.06. The summed E-state index contributed by atoms with van der Waals surface area (Å²) in [6.45, 7) is 15.6. The second-order valence-corrected chi connectivity index (χ2v) is 6.90. The molecule has 0 rings (SSSR count). The molecular weight excluding hydrogens is 255 g/mol. The van der Waals surface area contributed by atoms with E-state index < -0.39 is 0 Å². The molecule has 0 spiro atoms. The van der Waals surface area contributed by atoms with Crippen LogP contribution in [0.4, 0.5) is 0 Å². The molecule has 0 aromatic heterocycles. The van der Waals surface area contributed by atoms with Gasteiger partial charge in [0.05, 0.1) is 8.22 Å². The predicted octanol–water partition coefficient (Wildman–Crippen LogP) is 3.43. The molecule has 0 aromatic carbocycles. The van der Waals surface area contributed by atoms with Crippen LogP contribution in [-0.4, -0.2) is 60.8 Å². The minimum absolute atomic E-state index is 0.362. The molecule has 0 heterocycles. The molecule has 0 aliphatic heterocycles. The lowest BCUT2D eigenvalue weighted by atomic mass is 10.5. The van der Waals surface area contributed by atoms with Crippen LogP contribution in [-0.2, 0) is 0 Å². The highest BCUT2D eigenvalue weighted by Gasteiger charge is 2.22. The van der Waals surface area contributed by atoms with E-state index in [0.29, 0.717) is 0 Å². The van der Waals surface area contributed by atoms with Crippen molar-refractivity contribution in [1.82, 2.24) is 14.3 Å². The fourth-order valence-electron chi connectivity index (χ4n) is 1.95. The molecule has 0 aliphatic carbocycles. The molecule has 0 aromatic rings. The molecule has 112 valence electrons. The highest BCUT2D eigenvalue weighted by Crippen LogP contribution is 2.50. The first-order valence-corrected chi connectivity index (χ1v) is 8.44. The van der Waals surface area contributed by atoms with Crippen LogP contribution in [0, 0.1) is 0 Å². The van der Waals surface area contributed by atoms with Crippen molar-refractivity contribution >= 4 is 14.4 Å². The zero-order chi connectivity index (χ0) is 14.8. The Morgan fingerprint density at radius 2 is 1.37 bits per heavy atom. The first-order chi connectivity index (χ1) is 9.01. The van der Waals surface area contributed by atoms with Crippen LogP contribution < -0.4 is 0 Å². The molecule has 5 heteroatoms. The summed E-state index contributed by atoms with van der Waals surface area (Å²) >= 11 is 0. The van der Waals surface area contributed by atoms with Crippen LogP contribution in [0.25, 0.3) is 0 Å². The Balaban J connectivity index is 5.10. The monoisotopic (exact) mass is 286 g/mol. The standard InChI is InChI=1S/C14H31N4P/c1-8-17(9-2)19(18(10-3)11-4)14(5)12-13-15-16(6)7/h12-13H,8-11H2,1-7H3/b14-12-,15-13+. The molecule has 0 amide bonds. The van der Waals surface area contributed by atoms with Crippen LogP contribution >= 0.6 is 8.22 Å². The van der Waals surface area contributed by atoms with Crippen LogP contribution in [0.15, 0.2) is 16.5 Å². The number of hydrogen-bond donors (Lipinski definition) is 0. The molecule has 0 saturated carbocycles. The highest BCUT2D eigenvalue weighted by molar-refractivity contribution is 7.57. The van der Waals surface area contributed by atoms with E-state index in [1.807, 2.05) is 25.3 Å². The molecule has 0 radical (unpaired) electrons. The topological polar surface area (TPSA) is 22.1 Å². The van der Waals surface area contributed by atoms with Crippen molar-refractivity contribution in [3.8, 4) is 0 Å². The molecule has 0 aliphatic rings. The van der Waals surface area contributed by atoms with Gasteiger partial charge in [-0.1, -0.05) is 27.7 Å². The van der Waals surface area contributed by atoms with Crippen LogP contribution in [0.2, 0.25) is 0 Å². The summed E-state index contributed by atoms with van der Waals surface area (Å²) in [5.41, 5.74) is 0. The average Bonchev–Trinajstić information content (AvgIpc) is 2.38. The fourth-order valence-corrected chi connectivity index (χ4v) is 4.47. The third kappa shape index (κ3) is 6.51. The quantitative estimate of drug-likeness (QED) is 0.368. The predicted molar refractivity (Wildman–Crippen MR) is 88.7 cm³/mol. The molecule has 19 heavy (non-hydrogen) atoms. The van der Waals surface area contributed by atoms with Gasteiger partial charge in [0.25, 0.3) is 0 Å². The van der Waals surface area contributed by atoms with Gasteiger partial charge in [-0.05, 0) is 18.3 Å². The number of allylic oxidation sites excluding steroid dienone is 2. The van der Waals surface area contributed by atoms with Crippen LogP contribution in [0.1, 0.15) is 34.6 Å². The van der Waals surface area contributed by atoms with E-state index in [1.54, 1.807) is 0 Å². The third-order valence-corrected chi connectivity index (χ3v) is 5.91. The normalized spacial score (nSPS) is 13.3. The van der Waals surface area contributed by atoms with Crippen molar-refractivity contribution in [3.05, 3.63) is 11.4 Å². The van der Waals surface area contributed by atoms with E-state index >= 15 is 0 Å². The maximum absolute atomic E-state index is 4.27. The zero-order valence-electron chi connectivity index (χ0n) is 13.7. The Morgan fingerprint density at radius 1 is 0.947 bits per heavy atom. The second kappa shape index (κ2) is 10.4. The van der Waals surface area contributed by atoms with E-state index in [2.05, 4.69) is 55.1 Å². The molecule has 0 unspecified atom stereocenters. The van der Waals surface area contributed by atoms with E-state index in [9.17, 15) is 0 Å². The Kier molecular flexibility index (Phi) is 10.1. The minimum atomic E-state index is -0.362. The first kappa shape index (κ1) is 18.6. The van der Waals surface area contributed by atoms with E-state index in [4.69, 9.17) is 0 Å².